The van der Waals surface area contributed by atoms with Crippen molar-refractivity contribution in [2.45, 2.75) is 37.3 Å². The predicted molar refractivity (Wildman–Crippen MR) is 138 cm³/mol. The molecule has 32 heavy (non-hydrogen) atoms. The van der Waals surface area contributed by atoms with Gasteiger partial charge in [0, 0.05) is 27.9 Å². The van der Waals surface area contributed by atoms with Gasteiger partial charge in [-0.05, 0) is 42.3 Å². The number of nitrogens with zero attached hydrogens (tertiary/aromatic N) is 2. The molecular weight excluding hydrogens is 390 g/mol. The van der Waals surface area contributed by atoms with Gasteiger partial charge in [-0.1, -0.05) is 67.1 Å². The van der Waals surface area contributed by atoms with Crippen LogP contribution in [0.1, 0.15) is 37.7 Å². The van der Waals surface area contributed by atoms with Crippen LogP contribution in [0.15, 0.2) is 71.3 Å². The van der Waals surface area contributed by atoms with Crippen LogP contribution < -0.4 is 0 Å². The van der Waals surface area contributed by atoms with Crippen LogP contribution in [0.4, 0.5) is 0 Å². The standard InChI is InChI=1S/C27H26B2N2O/c28-27(29,19-7-2-1-3-8-19)20-12-13-30-24(16-20)18-10-11-21-22-14-17-6-4-5-9-23(17)31-26(22)32-25(21)15-18/h4-6,9-16,19H,1-3,7-8,28-29H2. The number of benzene rings is 2. The summed E-state index contributed by atoms with van der Waals surface area (Å²) < 4.78 is 6.18. The van der Waals surface area contributed by atoms with Gasteiger partial charge in [0.25, 0.3) is 0 Å². The number of hydrogen-bond donors (Lipinski definition) is 0. The molecule has 1 aliphatic carbocycles. The molecule has 1 fully saturated rings. The molecule has 156 valence electrons. The summed E-state index contributed by atoms with van der Waals surface area (Å²) >= 11 is 0. The monoisotopic (exact) mass is 416 g/mol. The van der Waals surface area contributed by atoms with E-state index in [1.165, 1.54) is 37.7 Å². The molecule has 3 nitrogen and oxygen atoms in total. The third kappa shape index (κ3) is 3.22. The molecule has 0 bridgehead atoms. The SMILES string of the molecule is BC(B)(c1ccnc(-c2ccc3c(c2)oc2nc4ccccc4cc23)c1)C1CCCCC1. The minimum atomic E-state index is 0.158. The molecule has 2 aromatic carbocycles. The maximum atomic E-state index is 6.18. The molecule has 5 aromatic rings. The lowest BCUT2D eigenvalue weighted by atomic mass is 9.43. The smallest absolute Gasteiger partial charge is 0.227 e. The van der Waals surface area contributed by atoms with Gasteiger partial charge >= 0.3 is 0 Å². The summed E-state index contributed by atoms with van der Waals surface area (Å²) in [5, 5.41) is 3.45. The van der Waals surface area contributed by atoms with Gasteiger partial charge in [-0.2, -0.15) is 0 Å². The van der Waals surface area contributed by atoms with E-state index < -0.39 is 0 Å². The van der Waals surface area contributed by atoms with Crippen LogP contribution >= 0.6 is 0 Å². The van der Waals surface area contributed by atoms with Crippen LogP contribution in [-0.2, 0) is 5.21 Å². The molecule has 1 aliphatic rings. The Morgan fingerprint density at radius 1 is 0.875 bits per heavy atom. The molecule has 0 aliphatic heterocycles. The molecule has 0 unspecified atom stereocenters. The summed E-state index contributed by atoms with van der Waals surface area (Å²) in [4.78, 5) is 9.45. The van der Waals surface area contributed by atoms with E-state index in [0.717, 1.165) is 44.4 Å². The third-order valence-corrected chi connectivity index (χ3v) is 7.59. The van der Waals surface area contributed by atoms with Crippen molar-refractivity contribution in [2.75, 3.05) is 0 Å². The fourth-order valence-corrected chi connectivity index (χ4v) is 5.51. The zero-order chi connectivity index (χ0) is 21.7. The van der Waals surface area contributed by atoms with E-state index in [0.29, 0.717) is 5.71 Å². The van der Waals surface area contributed by atoms with E-state index in [1.54, 1.807) is 0 Å². The number of fused-ring (bicyclic) bond motifs is 4. The Bertz CT molecular complexity index is 1450. The van der Waals surface area contributed by atoms with E-state index in [4.69, 9.17) is 14.4 Å². The second-order valence-corrected chi connectivity index (χ2v) is 9.83. The lowest BCUT2D eigenvalue weighted by Gasteiger charge is -2.38. The minimum absolute atomic E-state index is 0.158. The number of furan rings is 1. The zero-order valence-electron chi connectivity index (χ0n) is 18.8. The molecule has 0 radical (unpaired) electrons. The Morgan fingerprint density at radius 3 is 2.59 bits per heavy atom. The second kappa shape index (κ2) is 7.51. The lowest BCUT2D eigenvalue weighted by molar-refractivity contribution is 0.327. The van der Waals surface area contributed by atoms with Crippen molar-refractivity contribution in [3.8, 4) is 11.3 Å². The van der Waals surface area contributed by atoms with Crippen LogP contribution in [0.2, 0.25) is 0 Å². The molecule has 0 atom stereocenters. The van der Waals surface area contributed by atoms with Crippen LogP contribution in [0, 0.1) is 5.92 Å². The van der Waals surface area contributed by atoms with Crippen molar-refractivity contribution in [3.63, 3.8) is 0 Å². The van der Waals surface area contributed by atoms with Crippen LogP contribution in [0.5, 0.6) is 0 Å². The van der Waals surface area contributed by atoms with Crippen molar-refractivity contribution < 1.29 is 4.42 Å². The lowest BCUT2D eigenvalue weighted by Crippen LogP contribution is -2.37. The first-order valence-corrected chi connectivity index (χ1v) is 11.8. The Labute approximate surface area is 190 Å². The maximum Gasteiger partial charge on any atom is 0.227 e. The van der Waals surface area contributed by atoms with E-state index >= 15 is 0 Å². The van der Waals surface area contributed by atoms with Crippen molar-refractivity contribution in [2.24, 2.45) is 5.92 Å². The molecule has 0 N–H and O–H groups in total. The van der Waals surface area contributed by atoms with Gasteiger partial charge in [-0.15, -0.1) is 0 Å². The first-order chi connectivity index (χ1) is 15.6. The number of pyridine rings is 2. The molecule has 6 rings (SSSR count). The van der Waals surface area contributed by atoms with Crippen LogP contribution in [0.3, 0.4) is 0 Å². The van der Waals surface area contributed by atoms with Gasteiger partial charge in [0.05, 0.1) is 11.2 Å². The summed E-state index contributed by atoms with van der Waals surface area (Å²) in [6.07, 6.45) is 8.73. The number of para-hydroxylation sites is 1. The number of aromatic nitrogens is 2. The van der Waals surface area contributed by atoms with Gasteiger partial charge in [-0.3, -0.25) is 4.98 Å². The largest absolute Gasteiger partial charge is 0.438 e. The molecule has 5 heteroatoms. The molecule has 1 saturated carbocycles. The van der Waals surface area contributed by atoms with Crippen LogP contribution in [0.25, 0.3) is 44.2 Å². The molecule has 0 spiro atoms. The Kier molecular flexibility index (Phi) is 4.60. The average molecular weight is 416 g/mol. The van der Waals surface area contributed by atoms with Gasteiger partial charge in [0.1, 0.15) is 21.3 Å². The van der Waals surface area contributed by atoms with Crippen molar-refractivity contribution in [3.05, 3.63) is 72.4 Å². The Morgan fingerprint density at radius 2 is 1.72 bits per heavy atom. The highest BCUT2D eigenvalue weighted by Crippen LogP contribution is 2.38. The molecule has 3 heterocycles. The molecule has 0 saturated heterocycles. The van der Waals surface area contributed by atoms with Crippen molar-refractivity contribution in [1.82, 2.24) is 9.97 Å². The average Bonchev–Trinajstić information content (AvgIpc) is 3.19. The van der Waals surface area contributed by atoms with Gasteiger partial charge in [0.2, 0.25) is 5.71 Å². The highest BCUT2D eigenvalue weighted by atomic mass is 16.3. The summed E-state index contributed by atoms with van der Waals surface area (Å²) in [6.45, 7) is 0. The highest BCUT2D eigenvalue weighted by molar-refractivity contribution is 6.40. The van der Waals surface area contributed by atoms with E-state index in [2.05, 4.69) is 58.2 Å². The first kappa shape index (κ1) is 19.6. The normalized spacial score (nSPS) is 15.6. The van der Waals surface area contributed by atoms with Gasteiger partial charge in [-0.25, -0.2) is 4.98 Å². The fourth-order valence-electron chi connectivity index (χ4n) is 5.51. The molecular formula is C27H26B2N2O. The number of hydrogen-bond acceptors (Lipinski definition) is 3. The molecule has 0 amide bonds. The van der Waals surface area contributed by atoms with Gasteiger partial charge in [0.15, 0.2) is 0 Å². The topological polar surface area (TPSA) is 38.9 Å². The highest BCUT2D eigenvalue weighted by Gasteiger charge is 2.32. The molecule has 3 aromatic heterocycles. The minimum Gasteiger partial charge on any atom is -0.438 e. The summed E-state index contributed by atoms with van der Waals surface area (Å²) in [5.41, 5.74) is 5.98. The van der Waals surface area contributed by atoms with E-state index in [9.17, 15) is 0 Å². The predicted octanol–water partition coefficient (Wildman–Crippen LogP) is 5.20. The van der Waals surface area contributed by atoms with Gasteiger partial charge < -0.3 is 4.42 Å². The second-order valence-electron chi connectivity index (χ2n) is 9.83. The van der Waals surface area contributed by atoms with Crippen LogP contribution in [-0.4, -0.2) is 25.7 Å². The quantitative estimate of drug-likeness (QED) is 0.380. The summed E-state index contributed by atoms with van der Waals surface area (Å²) in [5.74, 6) is 0.740. The van der Waals surface area contributed by atoms with E-state index in [-0.39, 0.29) is 5.21 Å². The van der Waals surface area contributed by atoms with Crippen molar-refractivity contribution >= 4 is 48.7 Å². The zero-order valence-corrected chi connectivity index (χ0v) is 18.8. The third-order valence-electron chi connectivity index (χ3n) is 7.59. The Balaban J connectivity index is 1.42. The summed E-state index contributed by atoms with van der Waals surface area (Å²) in [6, 6.07) is 21.3. The number of rotatable bonds is 3. The van der Waals surface area contributed by atoms with Crippen molar-refractivity contribution in [1.29, 1.82) is 0 Å². The summed E-state index contributed by atoms with van der Waals surface area (Å²) in [7, 11) is 4.81. The maximum absolute atomic E-state index is 6.18. The fraction of sp³-hybridized carbons (Fsp3) is 0.259. The first-order valence-electron chi connectivity index (χ1n) is 11.8. The van der Waals surface area contributed by atoms with E-state index in [1.807, 2.05) is 24.4 Å². The Hall–Kier alpha value is -3.07.